The molecule has 0 bridgehead atoms. The lowest BCUT2D eigenvalue weighted by Gasteiger charge is -2.38. The molecule has 0 aliphatic carbocycles. The zero-order chi connectivity index (χ0) is 21.7. The van der Waals surface area contributed by atoms with Crippen molar-refractivity contribution >= 4 is 23.6 Å². The predicted molar refractivity (Wildman–Crippen MR) is 118 cm³/mol. The maximum Gasteiger partial charge on any atom is 0.328 e. The number of amides is 3. The summed E-state index contributed by atoms with van der Waals surface area (Å²) in [6.45, 7) is 7.87. The summed E-state index contributed by atoms with van der Waals surface area (Å²) in [5.74, 6) is 0.577. The molecule has 0 N–H and O–H groups in total. The molecule has 0 aromatic heterocycles. The summed E-state index contributed by atoms with van der Waals surface area (Å²) >= 11 is 0. The summed E-state index contributed by atoms with van der Waals surface area (Å²) in [4.78, 5) is 41.6. The summed E-state index contributed by atoms with van der Waals surface area (Å²) in [5, 5.41) is 0. The average Bonchev–Trinajstić information content (AvgIpc) is 3.30. The zero-order valence-electron chi connectivity index (χ0n) is 18.3. The summed E-state index contributed by atoms with van der Waals surface area (Å²) < 4.78 is 0. The second kappa shape index (κ2) is 7.56. The Morgan fingerprint density at radius 3 is 2.42 bits per heavy atom. The number of rotatable bonds is 4. The van der Waals surface area contributed by atoms with Crippen molar-refractivity contribution in [2.45, 2.75) is 19.1 Å². The van der Waals surface area contributed by atoms with Crippen molar-refractivity contribution in [3.8, 4) is 0 Å². The molecule has 9 heteroatoms. The predicted octanol–water partition coefficient (Wildman–Crippen LogP) is 0.876. The molecule has 0 radical (unpaired) electrons. The molecule has 0 saturated carbocycles. The largest absolute Gasteiger partial charge is 0.369 e. The Labute approximate surface area is 182 Å². The van der Waals surface area contributed by atoms with Gasteiger partial charge >= 0.3 is 6.03 Å². The van der Waals surface area contributed by atoms with Crippen molar-refractivity contribution in [1.82, 2.24) is 24.5 Å². The van der Waals surface area contributed by atoms with E-state index in [1.54, 1.807) is 11.9 Å². The van der Waals surface area contributed by atoms with Gasteiger partial charge in [0.25, 0.3) is 5.91 Å². The van der Waals surface area contributed by atoms with Gasteiger partial charge in [0.05, 0.1) is 0 Å². The van der Waals surface area contributed by atoms with Crippen LogP contribution in [0.1, 0.15) is 6.92 Å². The average molecular weight is 424 g/mol. The highest BCUT2D eigenvalue weighted by molar-refractivity contribution is 6.04. The van der Waals surface area contributed by atoms with Crippen molar-refractivity contribution in [2.24, 2.45) is 4.99 Å². The number of hydrogen-bond donors (Lipinski definition) is 0. The molecule has 4 heterocycles. The number of hydrogen-bond acceptors (Lipinski definition) is 7. The first-order valence-corrected chi connectivity index (χ1v) is 10.8. The third kappa shape index (κ3) is 3.23. The lowest BCUT2D eigenvalue weighted by atomic mass is 10.1. The van der Waals surface area contributed by atoms with Crippen LogP contribution < -0.4 is 4.90 Å². The molecule has 0 spiro atoms. The number of anilines is 1. The second-order valence-corrected chi connectivity index (χ2v) is 8.57. The molecular formula is C22H29N7O2. The van der Waals surface area contributed by atoms with E-state index in [1.165, 1.54) is 17.6 Å². The summed E-state index contributed by atoms with van der Waals surface area (Å²) in [7, 11) is 3.25. The normalized spacial score (nSPS) is 26.4. The van der Waals surface area contributed by atoms with Gasteiger partial charge < -0.3 is 19.6 Å². The Morgan fingerprint density at radius 2 is 1.71 bits per heavy atom. The fourth-order valence-corrected chi connectivity index (χ4v) is 4.87. The van der Waals surface area contributed by atoms with E-state index in [4.69, 9.17) is 4.99 Å². The molecule has 2 fully saturated rings. The quantitative estimate of drug-likeness (QED) is 0.716. The lowest BCUT2D eigenvalue weighted by molar-refractivity contribution is -0.135. The number of imide groups is 1. The minimum atomic E-state index is -0.475. The van der Waals surface area contributed by atoms with Gasteiger partial charge in [0, 0.05) is 70.9 Å². The van der Waals surface area contributed by atoms with E-state index in [2.05, 4.69) is 52.0 Å². The zero-order valence-corrected chi connectivity index (χ0v) is 18.3. The summed E-state index contributed by atoms with van der Waals surface area (Å²) in [6.07, 6.45) is 1.53. The first-order chi connectivity index (χ1) is 15.0. The SMILES string of the molecule is CC1=CN2C(=NC3C2C(=O)N(C)C(=O)N3C)N1CCN1CCN(c2ccccc2)CC1. The van der Waals surface area contributed by atoms with Gasteiger partial charge in [0.1, 0.15) is 0 Å². The fraction of sp³-hybridized carbons (Fsp3) is 0.500. The topological polar surface area (TPSA) is 65.9 Å². The van der Waals surface area contributed by atoms with Gasteiger partial charge in [0.2, 0.25) is 5.96 Å². The van der Waals surface area contributed by atoms with Crippen LogP contribution in [0.4, 0.5) is 10.5 Å². The number of piperazine rings is 1. The van der Waals surface area contributed by atoms with E-state index >= 15 is 0 Å². The number of benzene rings is 1. The number of allylic oxidation sites excluding steroid dienone is 1. The van der Waals surface area contributed by atoms with Crippen LogP contribution >= 0.6 is 0 Å². The van der Waals surface area contributed by atoms with Crippen LogP contribution in [-0.4, -0.2) is 108 Å². The van der Waals surface area contributed by atoms with E-state index in [0.717, 1.165) is 50.9 Å². The molecule has 1 aromatic carbocycles. The van der Waals surface area contributed by atoms with E-state index in [1.807, 2.05) is 11.1 Å². The monoisotopic (exact) mass is 423 g/mol. The molecule has 2 unspecified atom stereocenters. The maximum atomic E-state index is 12.8. The van der Waals surface area contributed by atoms with Crippen LogP contribution in [0.2, 0.25) is 0 Å². The van der Waals surface area contributed by atoms with E-state index in [-0.39, 0.29) is 11.9 Å². The molecule has 9 nitrogen and oxygen atoms in total. The van der Waals surface area contributed by atoms with Crippen LogP contribution in [0, 0.1) is 0 Å². The molecule has 2 atom stereocenters. The van der Waals surface area contributed by atoms with Gasteiger partial charge in [-0.25, -0.2) is 9.79 Å². The van der Waals surface area contributed by atoms with Gasteiger partial charge in [-0.3, -0.25) is 14.6 Å². The molecule has 4 aliphatic rings. The number of carbonyl (C=O) groups is 2. The van der Waals surface area contributed by atoms with Crippen LogP contribution in [0.25, 0.3) is 0 Å². The molecule has 31 heavy (non-hydrogen) atoms. The number of carbonyl (C=O) groups excluding carboxylic acids is 2. The molecule has 2 saturated heterocycles. The van der Waals surface area contributed by atoms with Gasteiger partial charge in [-0.2, -0.15) is 0 Å². The number of guanidine groups is 1. The van der Waals surface area contributed by atoms with Crippen molar-refractivity contribution in [3.05, 3.63) is 42.2 Å². The standard InChI is InChI=1S/C22H29N7O2/c1-16-15-29-18-19(24(2)22(31)25(3)20(18)30)23-21(29)28(16)14-11-26-9-12-27(13-10-26)17-7-5-4-6-8-17/h4-8,15,18-19H,9-14H2,1-3H3. The van der Waals surface area contributed by atoms with E-state index in [0.29, 0.717) is 0 Å². The molecule has 3 amide bonds. The van der Waals surface area contributed by atoms with Gasteiger partial charge in [0.15, 0.2) is 12.2 Å². The van der Waals surface area contributed by atoms with Gasteiger partial charge in [-0.15, -0.1) is 0 Å². The van der Waals surface area contributed by atoms with E-state index < -0.39 is 12.2 Å². The van der Waals surface area contributed by atoms with E-state index in [9.17, 15) is 9.59 Å². The smallest absolute Gasteiger partial charge is 0.328 e. The minimum absolute atomic E-state index is 0.199. The number of aliphatic imine (C=N–C) groups is 1. The minimum Gasteiger partial charge on any atom is -0.369 e. The molecule has 4 aliphatic heterocycles. The summed E-state index contributed by atoms with van der Waals surface area (Å²) in [5.41, 5.74) is 2.36. The molecule has 164 valence electrons. The number of nitrogens with zero attached hydrogens (tertiary/aromatic N) is 7. The Kier molecular flexibility index (Phi) is 4.85. The molecule has 1 aromatic rings. The van der Waals surface area contributed by atoms with Crippen molar-refractivity contribution in [3.63, 3.8) is 0 Å². The lowest BCUT2D eigenvalue weighted by Crippen LogP contribution is -2.63. The van der Waals surface area contributed by atoms with Crippen molar-refractivity contribution in [1.29, 1.82) is 0 Å². The number of urea groups is 1. The van der Waals surface area contributed by atoms with Crippen LogP contribution in [0.15, 0.2) is 47.2 Å². The Balaban J connectivity index is 1.22. The Hall–Kier alpha value is -3.07. The van der Waals surface area contributed by atoms with Gasteiger partial charge in [-0.1, -0.05) is 18.2 Å². The Morgan fingerprint density at radius 1 is 1.00 bits per heavy atom. The van der Waals surface area contributed by atoms with Crippen LogP contribution in [-0.2, 0) is 4.79 Å². The Bertz CT molecular complexity index is 938. The highest BCUT2D eigenvalue weighted by Crippen LogP contribution is 2.33. The van der Waals surface area contributed by atoms with Gasteiger partial charge in [-0.05, 0) is 19.1 Å². The van der Waals surface area contributed by atoms with Crippen molar-refractivity contribution in [2.75, 3.05) is 58.3 Å². The van der Waals surface area contributed by atoms with Crippen LogP contribution in [0.5, 0.6) is 0 Å². The first kappa shape index (κ1) is 19.9. The fourth-order valence-electron chi connectivity index (χ4n) is 4.87. The number of likely N-dealkylation sites (N-methyl/N-ethyl adjacent to an activating group) is 2. The first-order valence-electron chi connectivity index (χ1n) is 10.8. The molecular weight excluding hydrogens is 394 g/mol. The highest BCUT2D eigenvalue weighted by atomic mass is 16.2. The highest BCUT2D eigenvalue weighted by Gasteiger charge is 2.53. The number of fused-ring (bicyclic) bond motifs is 3. The van der Waals surface area contributed by atoms with Crippen molar-refractivity contribution < 1.29 is 9.59 Å². The third-order valence-corrected chi connectivity index (χ3v) is 6.76. The number of para-hydroxylation sites is 1. The third-order valence-electron chi connectivity index (χ3n) is 6.76. The van der Waals surface area contributed by atoms with Crippen LogP contribution in [0.3, 0.4) is 0 Å². The second-order valence-electron chi connectivity index (χ2n) is 8.57. The maximum absolute atomic E-state index is 12.8. The summed E-state index contributed by atoms with van der Waals surface area (Å²) in [6, 6.07) is 9.78. The molecule has 5 rings (SSSR count).